The Labute approximate surface area is 168 Å². The third-order valence-corrected chi connectivity index (χ3v) is 5.51. The van der Waals surface area contributed by atoms with Gasteiger partial charge in [-0.2, -0.15) is 10.1 Å². The van der Waals surface area contributed by atoms with Crippen LogP contribution in [0.15, 0.2) is 52.4 Å². The molecule has 2 aromatic carbocycles. The van der Waals surface area contributed by atoms with Crippen molar-refractivity contribution in [2.45, 2.75) is 0 Å². The molecule has 0 atom stereocenters. The van der Waals surface area contributed by atoms with Gasteiger partial charge in [-0.3, -0.25) is 5.10 Å². The molecule has 9 heteroatoms. The molecule has 1 aliphatic rings. The molecule has 1 aliphatic heterocycles. The number of aromatic amines is 1. The van der Waals surface area contributed by atoms with Crippen molar-refractivity contribution in [1.82, 2.24) is 25.3 Å². The Hall–Kier alpha value is -3.72. The standard InChI is InChI=1S/C20H13N5O3S/c1-2-4-13-12(3-1)17(24-23-13)18-22-19(28-25-18)14-10-29-20(21-14)11-5-6-15-16(9-11)27-8-7-26-15/h1-6,9-10H,7-8H2,(H,23,24). The second-order valence-corrected chi connectivity index (χ2v) is 7.30. The Morgan fingerprint density at radius 2 is 1.86 bits per heavy atom. The van der Waals surface area contributed by atoms with Crippen molar-refractivity contribution in [3.05, 3.63) is 47.8 Å². The van der Waals surface area contributed by atoms with E-state index in [-0.39, 0.29) is 0 Å². The fourth-order valence-electron chi connectivity index (χ4n) is 3.24. The zero-order valence-corrected chi connectivity index (χ0v) is 15.8. The van der Waals surface area contributed by atoms with Crippen LogP contribution < -0.4 is 9.47 Å². The number of hydrogen-bond acceptors (Lipinski definition) is 8. The average molecular weight is 403 g/mol. The van der Waals surface area contributed by atoms with E-state index in [2.05, 4.69) is 25.3 Å². The van der Waals surface area contributed by atoms with Crippen LogP contribution in [0.4, 0.5) is 0 Å². The highest BCUT2D eigenvalue weighted by molar-refractivity contribution is 7.13. The first-order chi connectivity index (χ1) is 14.3. The number of H-pyrrole nitrogens is 1. The van der Waals surface area contributed by atoms with Gasteiger partial charge in [-0.05, 0) is 24.3 Å². The highest BCUT2D eigenvalue weighted by atomic mass is 32.1. The Morgan fingerprint density at radius 1 is 0.966 bits per heavy atom. The summed E-state index contributed by atoms with van der Waals surface area (Å²) in [6.07, 6.45) is 0. The van der Waals surface area contributed by atoms with Gasteiger partial charge in [0.1, 0.15) is 29.6 Å². The maximum absolute atomic E-state index is 5.66. The van der Waals surface area contributed by atoms with Crippen LogP contribution in [0.5, 0.6) is 11.5 Å². The van der Waals surface area contributed by atoms with Crippen LogP contribution in [0, 0.1) is 0 Å². The number of ether oxygens (including phenoxy) is 2. The van der Waals surface area contributed by atoms with Crippen molar-refractivity contribution < 1.29 is 14.0 Å². The number of nitrogens with zero attached hydrogens (tertiary/aromatic N) is 4. The minimum atomic E-state index is 0.354. The molecule has 0 saturated carbocycles. The maximum Gasteiger partial charge on any atom is 0.277 e. The van der Waals surface area contributed by atoms with E-state index in [9.17, 15) is 0 Å². The molecule has 0 unspecified atom stereocenters. The molecule has 6 rings (SSSR count). The minimum Gasteiger partial charge on any atom is -0.486 e. The van der Waals surface area contributed by atoms with E-state index in [0.717, 1.165) is 33.0 Å². The van der Waals surface area contributed by atoms with E-state index >= 15 is 0 Å². The van der Waals surface area contributed by atoms with E-state index in [0.29, 0.717) is 36.3 Å². The molecule has 0 amide bonds. The van der Waals surface area contributed by atoms with Crippen molar-refractivity contribution >= 4 is 22.2 Å². The van der Waals surface area contributed by atoms with Gasteiger partial charge in [0.25, 0.3) is 5.89 Å². The molecule has 29 heavy (non-hydrogen) atoms. The summed E-state index contributed by atoms with van der Waals surface area (Å²) in [5, 5.41) is 15.0. The molecule has 0 bridgehead atoms. The van der Waals surface area contributed by atoms with Crippen LogP contribution in [0.2, 0.25) is 0 Å². The van der Waals surface area contributed by atoms with E-state index in [4.69, 9.17) is 14.0 Å². The summed E-state index contributed by atoms with van der Waals surface area (Å²) in [6, 6.07) is 13.6. The predicted molar refractivity (Wildman–Crippen MR) is 107 cm³/mol. The zero-order chi connectivity index (χ0) is 19.2. The smallest absolute Gasteiger partial charge is 0.277 e. The highest BCUT2D eigenvalue weighted by Gasteiger charge is 2.19. The predicted octanol–water partition coefficient (Wildman–Crippen LogP) is 4.17. The van der Waals surface area contributed by atoms with Crippen molar-refractivity contribution in [1.29, 1.82) is 0 Å². The normalized spacial score (nSPS) is 13.1. The van der Waals surface area contributed by atoms with E-state index in [1.165, 1.54) is 11.3 Å². The Morgan fingerprint density at radius 3 is 2.83 bits per heavy atom. The third-order valence-electron chi connectivity index (χ3n) is 4.62. The Balaban J connectivity index is 1.33. The summed E-state index contributed by atoms with van der Waals surface area (Å²) in [5.74, 6) is 2.26. The van der Waals surface area contributed by atoms with Gasteiger partial charge in [0.2, 0.25) is 5.82 Å². The van der Waals surface area contributed by atoms with Crippen LogP contribution in [0.1, 0.15) is 0 Å². The van der Waals surface area contributed by atoms with E-state index in [1.807, 2.05) is 47.8 Å². The molecule has 0 fully saturated rings. The lowest BCUT2D eigenvalue weighted by atomic mass is 10.2. The summed E-state index contributed by atoms with van der Waals surface area (Å²) >= 11 is 1.50. The lowest BCUT2D eigenvalue weighted by molar-refractivity contribution is 0.171. The third kappa shape index (κ3) is 2.74. The minimum absolute atomic E-state index is 0.354. The first kappa shape index (κ1) is 16.3. The average Bonchev–Trinajstić information content (AvgIpc) is 3.51. The van der Waals surface area contributed by atoms with Gasteiger partial charge in [0.15, 0.2) is 11.5 Å². The highest BCUT2D eigenvalue weighted by Crippen LogP contribution is 2.36. The number of fused-ring (bicyclic) bond motifs is 2. The number of rotatable bonds is 3. The first-order valence-electron chi connectivity index (χ1n) is 8.98. The van der Waals surface area contributed by atoms with Crippen LogP contribution in [0.3, 0.4) is 0 Å². The molecule has 0 radical (unpaired) electrons. The Kier molecular flexibility index (Phi) is 3.60. The summed E-state index contributed by atoms with van der Waals surface area (Å²) in [7, 11) is 0. The number of nitrogens with one attached hydrogen (secondary N) is 1. The molecular formula is C20H13N5O3S. The van der Waals surface area contributed by atoms with Gasteiger partial charge in [0, 0.05) is 16.3 Å². The van der Waals surface area contributed by atoms with Gasteiger partial charge in [0.05, 0.1) is 5.52 Å². The van der Waals surface area contributed by atoms with Crippen molar-refractivity contribution in [2.75, 3.05) is 13.2 Å². The van der Waals surface area contributed by atoms with Gasteiger partial charge in [-0.25, -0.2) is 4.98 Å². The molecule has 0 saturated heterocycles. The molecular weight excluding hydrogens is 390 g/mol. The SMILES string of the molecule is c1ccc2c(-c3noc(-c4csc(-c5ccc6c(c5)OCCO6)n4)n3)n[nH]c2c1. The van der Waals surface area contributed by atoms with Crippen LogP contribution in [-0.4, -0.2) is 38.5 Å². The van der Waals surface area contributed by atoms with Gasteiger partial charge >= 0.3 is 0 Å². The summed E-state index contributed by atoms with van der Waals surface area (Å²) < 4.78 is 16.7. The maximum atomic E-state index is 5.66. The molecule has 142 valence electrons. The van der Waals surface area contributed by atoms with E-state index in [1.54, 1.807) is 0 Å². The van der Waals surface area contributed by atoms with Crippen molar-refractivity contribution in [3.63, 3.8) is 0 Å². The largest absolute Gasteiger partial charge is 0.486 e. The first-order valence-corrected chi connectivity index (χ1v) is 9.86. The van der Waals surface area contributed by atoms with Crippen molar-refractivity contribution in [3.8, 4) is 45.2 Å². The molecule has 4 heterocycles. The quantitative estimate of drug-likeness (QED) is 0.482. The number of hydrogen-bond donors (Lipinski definition) is 1. The molecule has 1 N–H and O–H groups in total. The number of benzene rings is 2. The summed E-state index contributed by atoms with van der Waals surface area (Å²) in [4.78, 5) is 9.14. The van der Waals surface area contributed by atoms with Gasteiger partial charge in [-0.1, -0.05) is 23.4 Å². The second kappa shape index (κ2) is 6.42. The molecule has 3 aromatic heterocycles. The second-order valence-electron chi connectivity index (χ2n) is 6.44. The summed E-state index contributed by atoms with van der Waals surface area (Å²) in [5.41, 5.74) is 3.14. The number of aromatic nitrogens is 5. The molecule has 0 spiro atoms. The van der Waals surface area contributed by atoms with Crippen molar-refractivity contribution in [2.24, 2.45) is 0 Å². The summed E-state index contributed by atoms with van der Waals surface area (Å²) in [6.45, 7) is 1.12. The van der Waals surface area contributed by atoms with Gasteiger partial charge < -0.3 is 14.0 Å². The number of thiazole rings is 1. The van der Waals surface area contributed by atoms with E-state index < -0.39 is 0 Å². The van der Waals surface area contributed by atoms with Crippen LogP contribution >= 0.6 is 11.3 Å². The van der Waals surface area contributed by atoms with Crippen LogP contribution in [-0.2, 0) is 0 Å². The lowest BCUT2D eigenvalue weighted by Crippen LogP contribution is -2.15. The Bertz CT molecular complexity index is 1340. The monoisotopic (exact) mass is 403 g/mol. The molecule has 0 aliphatic carbocycles. The molecule has 5 aromatic rings. The van der Waals surface area contributed by atoms with Crippen LogP contribution in [0.25, 0.3) is 44.6 Å². The fraction of sp³-hybridized carbons (Fsp3) is 0.100. The fourth-order valence-corrected chi connectivity index (χ4v) is 4.03. The number of para-hydroxylation sites is 1. The zero-order valence-electron chi connectivity index (χ0n) is 15.0. The molecule has 8 nitrogen and oxygen atoms in total. The van der Waals surface area contributed by atoms with Gasteiger partial charge in [-0.15, -0.1) is 11.3 Å². The lowest BCUT2D eigenvalue weighted by Gasteiger charge is -2.18. The topological polar surface area (TPSA) is 99.0 Å².